The van der Waals surface area contributed by atoms with E-state index in [9.17, 15) is 13.2 Å². The molecular weight excluding hydrogens is 390 g/mol. The lowest BCUT2D eigenvalue weighted by atomic mass is 9.99. The number of nitrogens with one attached hydrogen (secondary N) is 1. The Bertz CT molecular complexity index is 919. The molecule has 0 bridgehead atoms. The average Bonchev–Trinajstić information content (AvgIpc) is 2.73. The Morgan fingerprint density at radius 2 is 1.97 bits per heavy atom. The molecule has 0 aromatic heterocycles. The van der Waals surface area contributed by atoms with Gasteiger partial charge in [-0.25, -0.2) is 13.1 Å². The standard InChI is InChI=1S/C21H27N3O4S/c22-19-9-4-10-20(12-19)29(26,27)23-13-21(25)24-11-5-8-18(14-24)16-28-15-17-6-2-1-3-7-17/h1-4,6-7,9-10,12,18,23H,5,8,11,13-16,22H2. The number of piperidine rings is 1. The highest BCUT2D eigenvalue weighted by Crippen LogP contribution is 2.18. The second kappa shape index (κ2) is 9.87. The topological polar surface area (TPSA) is 102 Å². The molecule has 1 atom stereocenters. The molecule has 1 unspecified atom stereocenters. The number of hydrogen-bond acceptors (Lipinski definition) is 5. The van der Waals surface area contributed by atoms with Gasteiger partial charge in [0.2, 0.25) is 15.9 Å². The molecule has 1 aliphatic heterocycles. The lowest BCUT2D eigenvalue weighted by molar-refractivity contribution is -0.132. The van der Waals surface area contributed by atoms with Crippen LogP contribution in [0.5, 0.6) is 0 Å². The summed E-state index contributed by atoms with van der Waals surface area (Å²) in [7, 11) is -3.78. The first-order valence-electron chi connectivity index (χ1n) is 9.69. The lowest BCUT2D eigenvalue weighted by Crippen LogP contribution is -2.45. The monoisotopic (exact) mass is 417 g/mol. The van der Waals surface area contributed by atoms with Gasteiger partial charge in [0.05, 0.1) is 24.7 Å². The van der Waals surface area contributed by atoms with Crippen LogP contribution in [-0.4, -0.2) is 45.5 Å². The molecule has 3 N–H and O–H groups in total. The molecule has 156 valence electrons. The second-order valence-corrected chi connectivity index (χ2v) is 9.01. The Kier molecular flexibility index (Phi) is 7.24. The van der Waals surface area contributed by atoms with Crippen LogP contribution in [0, 0.1) is 5.92 Å². The molecule has 1 aliphatic rings. The Morgan fingerprint density at radius 1 is 1.17 bits per heavy atom. The number of likely N-dealkylation sites (tertiary alicyclic amines) is 1. The quantitative estimate of drug-likeness (QED) is 0.640. The molecule has 8 heteroatoms. The Labute approximate surface area is 171 Å². The van der Waals surface area contributed by atoms with Gasteiger partial charge in [-0.05, 0) is 42.5 Å². The van der Waals surface area contributed by atoms with Crippen LogP contribution >= 0.6 is 0 Å². The summed E-state index contributed by atoms with van der Waals surface area (Å²) in [5.74, 6) is 0.0205. The van der Waals surface area contributed by atoms with Crippen LogP contribution in [0.3, 0.4) is 0 Å². The van der Waals surface area contributed by atoms with E-state index in [1.807, 2.05) is 30.3 Å². The number of nitrogens with two attached hydrogens (primary N) is 1. The summed E-state index contributed by atoms with van der Waals surface area (Å²) in [6.07, 6.45) is 1.88. The number of ether oxygens (including phenoxy) is 1. The van der Waals surface area contributed by atoms with E-state index in [-0.39, 0.29) is 23.3 Å². The van der Waals surface area contributed by atoms with Gasteiger partial charge in [-0.2, -0.15) is 0 Å². The fourth-order valence-corrected chi connectivity index (χ4v) is 4.41. The van der Waals surface area contributed by atoms with Gasteiger partial charge < -0.3 is 15.4 Å². The third-order valence-electron chi connectivity index (χ3n) is 4.92. The summed E-state index contributed by atoms with van der Waals surface area (Å²) in [5.41, 5.74) is 7.11. The highest BCUT2D eigenvalue weighted by atomic mass is 32.2. The molecule has 2 aromatic rings. The molecule has 29 heavy (non-hydrogen) atoms. The van der Waals surface area contributed by atoms with Gasteiger partial charge in [0, 0.05) is 18.8 Å². The van der Waals surface area contributed by atoms with E-state index < -0.39 is 10.0 Å². The van der Waals surface area contributed by atoms with Crippen LogP contribution < -0.4 is 10.5 Å². The molecular formula is C21H27N3O4S. The number of anilines is 1. The molecule has 1 heterocycles. The van der Waals surface area contributed by atoms with Gasteiger partial charge in [0.1, 0.15) is 0 Å². The van der Waals surface area contributed by atoms with Crippen LogP contribution in [0.25, 0.3) is 0 Å². The van der Waals surface area contributed by atoms with E-state index in [0.717, 1.165) is 18.4 Å². The maximum Gasteiger partial charge on any atom is 0.241 e. The van der Waals surface area contributed by atoms with Gasteiger partial charge in [-0.15, -0.1) is 0 Å². The average molecular weight is 418 g/mol. The minimum atomic E-state index is -3.78. The number of nitrogen functional groups attached to an aromatic ring is 1. The van der Waals surface area contributed by atoms with Crippen molar-refractivity contribution in [1.29, 1.82) is 0 Å². The maximum absolute atomic E-state index is 12.5. The molecule has 1 amide bonds. The fraction of sp³-hybridized carbons (Fsp3) is 0.381. The van der Waals surface area contributed by atoms with Crippen LogP contribution in [-0.2, 0) is 26.2 Å². The number of nitrogens with zero attached hydrogens (tertiary/aromatic N) is 1. The van der Waals surface area contributed by atoms with Gasteiger partial charge in [0.25, 0.3) is 0 Å². The minimum Gasteiger partial charge on any atom is -0.399 e. The van der Waals surface area contributed by atoms with Crippen molar-refractivity contribution < 1.29 is 17.9 Å². The van der Waals surface area contributed by atoms with E-state index in [1.54, 1.807) is 17.0 Å². The van der Waals surface area contributed by atoms with E-state index in [2.05, 4.69) is 4.72 Å². The van der Waals surface area contributed by atoms with Crippen molar-refractivity contribution >= 4 is 21.6 Å². The summed E-state index contributed by atoms with van der Waals surface area (Å²) in [5, 5.41) is 0. The number of rotatable bonds is 8. The molecule has 7 nitrogen and oxygen atoms in total. The fourth-order valence-electron chi connectivity index (χ4n) is 3.38. The normalized spacial score (nSPS) is 17.2. The predicted molar refractivity (Wildman–Crippen MR) is 111 cm³/mol. The van der Waals surface area contributed by atoms with E-state index >= 15 is 0 Å². The largest absolute Gasteiger partial charge is 0.399 e. The zero-order valence-corrected chi connectivity index (χ0v) is 17.1. The van der Waals surface area contributed by atoms with Crippen molar-refractivity contribution in [3.8, 4) is 0 Å². The third-order valence-corrected chi connectivity index (χ3v) is 6.32. The first-order chi connectivity index (χ1) is 13.9. The summed E-state index contributed by atoms with van der Waals surface area (Å²) in [6.45, 7) is 2.06. The number of sulfonamides is 1. The summed E-state index contributed by atoms with van der Waals surface area (Å²) in [4.78, 5) is 14.3. The van der Waals surface area contributed by atoms with E-state index in [4.69, 9.17) is 10.5 Å². The Hall–Kier alpha value is -2.42. The summed E-state index contributed by atoms with van der Waals surface area (Å²) < 4.78 is 32.9. The molecule has 0 radical (unpaired) electrons. The summed E-state index contributed by atoms with van der Waals surface area (Å²) >= 11 is 0. The molecule has 0 spiro atoms. The Morgan fingerprint density at radius 3 is 2.72 bits per heavy atom. The van der Waals surface area contributed by atoms with Crippen LogP contribution in [0.4, 0.5) is 5.69 Å². The molecule has 1 fully saturated rings. The van der Waals surface area contributed by atoms with Crippen LogP contribution in [0.2, 0.25) is 0 Å². The summed E-state index contributed by atoms with van der Waals surface area (Å²) in [6, 6.07) is 15.9. The number of carbonyl (C=O) groups excluding carboxylic acids is 1. The van der Waals surface area contributed by atoms with E-state index in [0.29, 0.717) is 32.0 Å². The first-order valence-corrected chi connectivity index (χ1v) is 11.2. The zero-order chi connectivity index (χ0) is 20.7. The van der Waals surface area contributed by atoms with E-state index in [1.165, 1.54) is 12.1 Å². The maximum atomic E-state index is 12.5. The minimum absolute atomic E-state index is 0.0520. The highest BCUT2D eigenvalue weighted by Gasteiger charge is 2.25. The van der Waals surface area contributed by atoms with Crippen molar-refractivity contribution in [2.75, 3.05) is 32.0 Å². The smallest absolute Gasteiger partial charge is 0.241 e. The zero-order valence-electron chi connectivity index (χ0n) is 16.3. The van der Waals surface area contributed by atoms with Crippen molar-refractivity contribution in [3.63, 3.8) is 0 Å². The third kappa shape index (κ3) is 6.28. The molecule has 3 rings (SSSR count). The van der Waals surface area contributed by atoms with Crippen molar-refractivity contribution in [1.82, 2.24) is 9.62 Å². The van der Waals surface area contributed by atoms with Crippen molar-refractivity contribution in [2.45, 2.75) is 24.3 Å². The molecule has 1 saturated heterocycles. The number of carbonyl (C=O) groups is 1. The molecule has 0 saturated carbocycles. The van der Waals surface area contributed by atoms with Crippen LogP contribution in [0.1, 0.15) is 18.4 Å². The second-order valence-electron chi connectivity index (χ2n) is 7.25. The van der Waals surface area contributed by atoms with Crippen LogP contribution in [0.15, 0.2) is 59.5 Å². The van der Waals surface area contributed by atoms with Gasteiger partial charge in [-0.3, -0.25) is 4.79 Å². The number of hydrogen-bond donors (Lipinski definition) is 2. The molecule has 2 aromatic carbocycles. The van der Waals surface area contributed by atoms with Gasteiger partial charge in [0.15, 0.2) is 0 Å². The highest BCUT2D eigenvalue weighted by molar-refractivity contribution is 7.89. The SMILES string of the molecule is Nc1cccc(S(=O)(=O)NCC(=O)N2CCCC(COCc3ccccc3)C2)c1. The van der Waals surface area contributed by atoms with Crippen molar-refractivity contribution in [3.05, 3.63) is 60.2 Å². The number of benzene rings is 2. The first kappa shape index (κ1) is 21.3. The predicted octanol–water partition coefficient (Wildman–Crippen LogP) is 2.00. The number of amides is 1. The Balaban J connectivity index is 1.46. The van der Waals surface area contributed by atoms with Gasteiger partial charge >= 0.3 is 0 Å². The lowest BCUT2D eigenvalue weighted by Gasteiger charge is -2.32. The van der Waals surface area contributed by atoms with Crippen molar-refractivity contribution in [2.24, 2.45) is 5.92 Å². The molecule has 0 aliphatic carbocycles. The van der Waals surface area contributed by atoms with Gasteiger partial charge in [-0.1, -0.05) is 36.4 Å².